The van der Waals surface area contributed by atoms with Gasteiger partial charge in [0, 0.05) is 10.8 Å². The minimum Gasteiger partial charge on any atom is -0.456 e. The molecule has 1 nitrogen and oxygen atoms in total. The zero-order chi connectivity index (χ0) is 30.9. The summed E-state index contributed by atoms with van der Waals surface area (Å²) in [5.41, 5.74) is 9.31. The Balaban J connectivity index is 1.19. The Kier molecular flexibility index (Phi) is 5.64. The Labute approximate surface area is 271 Å². The summed E-state index contributed by atoms with van der Waals surface area (Å²) in [6.07, 6.45) is 0. The van der Waals surface area contributed by atoms with Crippen molar-refractivity contribution in [3.05, 3.63) is 170 Å². The predicted octanol–water partition coefficient (Wildman–Crippen LogP) is 13.2. The van der Waals surface area contributed by atoms with Crippen LogP contribution in [0.5, 0.6) is 0 Å². The quantitative estimate of drug-likeness (QED) is 0.185. The largest absolute Gasteiger partial charge is 0.456 e. The van der Waals surface area contributed by atoms with Crippen molar-refractivity contribution in [1.29, 1.82) is 0 Å². The highest BCUT2D eigenvalue weighted by atomic mass is 16.3. The lowest BCUT2D eigenvalue weighted by atomic mass is 9.84. The van der Waals surface area contributed by atoms with Crippen molar-refractivity contribution in [2.75, 3.05) is 0 Å². The molecular weight excluding hydrogens is 569 g/mol. The second-order valence-electron chi connectivity index (χ2n) is 12.5. The van der Waals surface area contributed by atoms with Crippen molar-refractivity contribution in [3.8, 4) is 33.4 Å². The van der Waals surface area contributed by atoms with Crippen molar-refractivity contribution in [1.82, 2.24) is 0 Å². The Bertz CT molecular complexity index is 2790. The fraction of sp³-hybridized carbons (Fsp3) is 0. The first-order valence-corrected chi connectivity index (χ1v) is 16.2. The minimum absolute atomic E-state index is 0.927. The van der Waals surface area contributed by atoms with E-state index in [0.717, 1.165) is 21.9 Å². The van der Waals surface area contributed by atoms with Gasteiger partial charge in [0.25, 0.3) is 0 Å². The SMILES string of the molecule is c1cc(-c2ccc3cc4oc5ccccc5c4cc3c2)cc(-c2c3ccccc3c(-c3cccc4ccccc34)c3ccccc23)c1. The fourth-order valence-electron chi connectivity index (χ4n) is 7.68. The van der Waals surface area contributed by atoms with Crippen molar-refractivity contribution in [2.24, 2.45) is 0 Å². The normalized spacial score (nSPS) is 11.8. The van der Waals surface area contributed by atoms with Gasteiger partial charge in [0.05, 0.1) is 0 Å². The topological polar surface area (TPSA) is 13.1 Å². The second kappa shape index (κ2) is 10.2. The third-order valence-electron chi connectivity index (χ3n) is 9.81. The maximum Gasteiger partial charge on any atom is 0.136 e. The zero-order valence-corrected chi connectivity index (χ0v) is 25.6. The maximum atomic E-state index is 6.17. The van der Waals surface area contributed by atoms with Gasteiger partial charge in [-0.2, -0.15) is 0 Å². The van der Waals surface area contributed by atoms with Crippen LogP contribution in [0.25, 0.3) is 98.4 Å². The minimum atomic E-state index is 0.927. The number of para-hydroxylation sites is 1. The smallest absolute Gasteiger partial charge is 0.136 e. The standard InChI is InChI=1S/C46H28O/c1-2-15-35-29(11-1)12-10-21-37(35)46-40-19-5-3-17-38(40)45(39-18-4-6-20-41(39)46)33-14-9-13-30(25-33)31-23-24-32-28-44-42(27-34(32)26-31)36-16-7-8-22-43(36)47-44/h1-28H. The number of furan rings is 1. The molecule has 0 fully saturated rings. The Morgan fingerprint density at radius 1 is 0.277 bits per heavy atom. The molecule has 47 heavy (non-hydrogen) atoms. The van der Waals surface area contributed by atoms with E-state index < -0.39 is 0 Å². The number of hydrogen-bond acceptors (Lipinski definition) is 1. The van der Waals surface area contributed by atoms with Crippen LogP contribution in [-0.4, -0.2) is 0 Å². The number of hydrogen-bond donors (Lipinski definition) is 0. The predicted molar refractivity (Wildman–Crippen MR) is 200 cm³/mol. The summed E-state index contributed by atoms with van der Waals surface area (Å²) in [5, 5.41) is 12.3. The molecule has 0 aliphatic rings. The molecular formula is C46H28O. The molecule has 0 atom stereocenters. The fourth-order valence-corrected chi connectivity index (χ4v) is 7.68. The molecule has 0 amide bonds. The van der Waals surface area contributed by atoms with E-state index in [2.05, 4.69) is 158 Å². The van der Waals surface area contributed by atoms with Crippen LogP contribution in [0, 0.1) is 0 Å². The summed E-state index contributed by atoms with van der Waals surface area (Å²) in [4.78, 5) is 0. The van der Waals surface area contributed by atoms with Crippen LogP contribution in [0.1, 0.15) is 0 Å². The molecule has 10 rings (SSSR count). The van der Waals surface area contributed by atoms with Gasteiger partial charge < -0.3 is 4.42 Å². The Morgan fingerprint density at radius 2 is 0.872 bits per heavy atom. The van der Waals surface area contributed by atoms with Crippen LogP contribution in [0.4, 0.5) is 0 Å². The average Bonchev–Trinajstić information content (AvgIpc) is 3.50. The first kappa shape index (κ1) is 26.1. The number of fused-ring (bicyclic) bond motifs is 7. The van der Waals surface area contributed by atoms with E-state index >= 15 is 0 Å². The highest BCUT2D eigenvalue weighted by molar-refractivity contribution is 6.23. The maximum absolute atomic E-state index is 6.17. The highest BCUT2D eigenvalue weighted by Crippen LogP contribution is 2.45. The van der Waals surface area contributed by atoms with Gasteiger partial charge in [-0.05, 0) is 107 Å². The summed E-state index contributed by atoms with van der Waals surface area (Å²) in [6, 6.07) is 61.7. The van der Waals surface area contributed by atoms with E-state index in [1.165, 1.54) is 76.5 Å². The number of benzene rings is 9. The average molecular weight is 597 g/mol. The van der Waals surface area contributed by atoms with Crippen LogP contribution < -0.4 is 0 Å². The molecule has 0 N–H and O–H groups in total. The molecule has 1 heterocycles. The molecule has 0 aliphatic carbocycles. The van der Waals surface area contributed by atoms with Crippen molar-refractivity contribution < 1.29 is 4.42 Å². The molecule has 10 aromatic rings. The van der Waals surface area contributed by atoms with Crippen molar-refractivity contribution in [2.45, 2.75) is 0 Å². The summed E-state index contributed by atoms with van der Waals surface area (Å²) in [6.45, 7) is 0. The molecule has 0 unspecified atom stereocenters. The van der Waals surface area contributed by atoms with Crippen LogP contribution >= 0.6 is 0 Å². The lowest BCUT2D eigenvalue weighted by Gasteiger charge is -2.19. The van der Waals surface area contributed by atoms with Crippen LogP contribution in [-0.2, 0) is 0 Å². The Hall–Kier alpha value is -6.18. The van der Waals surface area contributed by atoms with E-state index in [4.69, 9.17) is 4.42 Å². The molecule has 1 heteroatoms. The molecule has 0 spiro atoms. The summed E-state index contributed by atoms with van der Waals surface area (Å²) in [5.74, 6) is 0. The highest BCUT2D eigenvalue weighted by Gasteiger charge is 2.18. The third-order valence-corrected chi connectivity index (χ3v) is 9.81. The third kappa shape index (κ3) is 4.03. The number of rotatable bonds is 3. The summed E-state index contributed by atoms with van der Waals surface area (Å²) in [7, 11) is 0. The van der Waals surface area contributed by atoms with E-state index in [0.29, 0.717) is 0 Å². The van der Waals surface area contributed by atoms with Gasteiger partial charge in [0.1, 0.15) is 11.2 Å². The van der Waals surface area contributed by atoms with Crippen LogP contribution in [0.3, 0.4) is 0 Å². The van der Waals surface area contributed by atoms with Gasteiger partial charge in [0.15, 0.2) is 0 Å². The second-order valence-corrected chi connectivity index (χ2v) is 12.5. The molecule has 0 aliphatic heterocycles. The van der Waals surface area contributed by atoms with Crippen LogP contribution in [0.15, 0.2) is 174 Å². The molecule has 218 valence electrons. The van der Waals surface area contributed by atoms with Gasteiger partial charge >= 0.3 is 0 Å². The van der Waals surface area contributed by atoms with E-state index in [-0.39, 0.29) is 0 Å². The van der Waals surface area contributed by atoms with Crippen LogP contribution in [0.2, 0.25) is 0 Å². The zero-order valence-electron chi connectivity index (χ0n) is 25.6. The molecule has 9 aromatic carbocycles. The van der Waals surface area contributed by atoms with Crippen molar-refractivity contribution in [3.63, 3.8) is 0 Å². The summed E-state index contributed by atoms with van der Waals surface area (Å²) < 4.78 is 6.17. The van der Waals surface area contributed by atoms with Crippen molar-refractivity contribution >= 4 is 65.0 Å². The molecule has 1 aromatic heterocycles. The van der Waals surface area contributed by atoms with E-state index in [9.17, 15) is 0 Å². The first-order valence-electron chi connectivity index (χ1n) is 16.2. The Morgan fingerprint density at radius 3 is 1.66 bits per heavy atom. The van der Waals surface area contributed by atoms with E-state index in [1.807, 2.05) is 12.1 Å². The summed E-state index contributed by atoms with van der Waals surface area (Å²) >= 11 is 0. The molecule has 0 radical (unpaired) electrons. The monoisotopic (exact) mass is 596 g/mol. The van der Waals surface area contributed by atoms with Gasteiger partial charge in [0.2, 0.25) is 0 Å². The first-order chi connectivity index (χ1) is 23.3. The molecule has 0 saturated carbocycles. The lowest BCUT2D eigenvalue weighted by molar-refractivity contribution is 0.669. The molecule has 0 bridgehead atoms. The van der Waals surface area contributed by atoms with Gasteiger partial charge in [-0.15, -0.1) is 0 Å². The lowest BCUT2D eigenvalue weighted by Crippen LogP contribution is -1.92. The van der Waals surface area contributed by atoms with Gasteiger partial charge in [-0.3, -0.25) is 0 Å². The van der Waals surface area contributed by atoms with Gasteiger partial charge in [-0.25, -0.2) is 0 Å². The molecule has 0 saturated heterocycles. The van der Waals surface area contributed by atoms with E-state index in [1.54, 1.807) is 0 Å². The van der Waals surface area contributed by atoms with Gasteiger partial charge in [-0.1, -0.05) is 140 Å².